The van der Waals surface area contributed by atoms with Gasteiger partial charge in [0.1, 0.15) is 6.42 Å². The monoisotopic (exact) mass is 184 g/mol. The molecule has 0 N–H and O–H groups in total. The molecule has 0 heterocycles. The number of nitrogens with zero attached hydrogens (tertiary/aromatic N) is 4. The van der Waals surface area contributed by atoms with Crippen LogP contribution < -0.4 is 0 Å². The van der Waals surface area contributed by atoms with E-state index in [0.29, 0.717) is 0 Å². The van der Waals surface area contributed by atoms with Crippen molar-refractivity contribution >= 4 is 0 Å². The first-order valence-corrected chi connectivity index (χ1v) is 3.08. The highest BCUT2D eigenvalue weighted by molar-refractivity contribution is 4.93. The van der Waals surface area contributed by atoms with E-state index < -0.39 is 28.4 Å². The second-order valence-corrected chi connectivity index (χ2v) is 2.07. The molecule has 8 heteroatoms. The third-order valence-electron chi connectivity index (χ3n) is 1.30. The van der Waals surface area contributed by atoms with Crippen molar-refractivity contribution in [2.75, 3.05) is 0 Å². The molecule has 0 spiro atoms. The van der Waals surface area contributed by atoms with E-state index in [0.717, 1.165) is 0 Å². The average molecular weight is 184 g/mol. The molecule has 0 aliphatic rings. The minimum atomic E-state index is -1.96. The van der Waals surface area contributed by atoms with E-state index in [1.165, 1.54) is 12.1 Å². The SMILES string of the molecule is N#CCC(C(C#N)[N+](=O)[O-])[N+](=O)[O-]. The Labute approximate surface area is 72.3 Å². The molecule has 0 radical (unpaired) electrons. The molecular formula is C5H4N4O4. The normalized spacial score (nSPS) is 13.4. The van der Waals surface area contributed by atoms with Crippen LogP contribution in [0.4, 0.5) is 0 Å². The lowest BCUT2D eigenvalue weighted by atomic mass is 10.1. The summed E-state index contributed by atoms with van der Waals surface area (Å²) in [6, 6.07) is -1.13. The van der Waals surface area contributed by atoms with Crippen molar-refractivity contribution in [2.45, 2.75) is 18.5 Å². The maximum Gasteiger partial charge on any atom is 0.363 e. The van der Waals surface area contributed by atoms with E-state index in [4.69, 9.17) is 10.5 Å². The molecule has 8 nitrogen and oxygen atoms in total. The highest BCUT2D eigenvalue weighted by Crippen LogP contribution is 2.05. The molecule has 0 saturated heterocycles. The highest BCUT2D eigenvalue weighted by Gasteiger charge is 2.40. The zero-order valence-corrected chi connectivity index (χ0v) is 6.28. The predicted molar refractivity (Wildman–Crippen MR) is 37.4 cm³/mol. The predicted octanol–water partition coefficient (Wildman–Crippen LogP) is -0.286. The van der Waals surface area contributed by atoms with E-state index in [-0.39, 0.29) is 0 Å². The molecule has 68 valence electrons. The third kappa shape index (κ3) is 2.71. The molecule has 0 aliphatic heterocycles. The van der Waals surface area contributed by atoms with Crippen LogP contribution in [-0.4, -0.2) is 21.9 Å². The van der Waals surface area contributed by atoms with Gasteiger partial charge in [-0.1, -0.05) is 0 Å². The third-order valence-corrected chi connectivity index (χ3v) is 1.30. The van der Waals surface area contributed by atoms with Crippen molar-refractivity contribution in [3.63, 3.8) is 0 Å². The Morgan fingerprint density at radius 2 is 1.77 bits per heavy atom. The lowest BCUT2D eigenvalue weighted by molar-refractivity contribution is -0.605. The number of hydrogen-bond donors (Lipinski definition) is 0. The molecule has 13 heavy (non-hydrogen) atoms. The van der Waals surface area contributed by atoms with Gasteiger partial charge in [-0.25, -0.2) is 0 Å². The van der Waals surface area contributed by atoms with Crippen LogP contribution in [0.25, 0.3) is 0 Å². The van der Waals surface area contributed by atoms with Gasteiger partial charge in [0.25, 0.3) is 0 Å². The van der Waals surface area contributed by atoms with Crippen molar-refractivity contribution in [3.05, 3.63) is 20.2 Å². The van der Waals surface area contributed by atoms with Crippen molar-refractivity contribution in [2.24, 2.45) is 0 Å². The summed E-state index contributed by atoms with van der Waals surface area (Å²) in [6.07, 6.45) is -0.647. The second kappa shape index (κ2) is 4.62. The van der Waals surface area contributed by atoms with Crippen LogP contribution in [0.3, 0.4) is 0 Å². The summed E-state index contributed by atoms with van der Waals surface area (Å²) in [7, 11) is 0. The Balaban J connectivity index is 4.73. The fraction of sp³-hybridized carbons (Fsp3) is 0.600. The van der Waals surface area contributed by atoms with E-state index in [9.17, 15) is 20.2 Å². The Morgan fingerprint density at radius 1 is 1.23 bits per heavy atom. The van der Waals surface area contributed by atoms with Gasteiger partial charge in [0.05, 0.1) is 6.07 Å². The Bertz CT molecular complexity index is 301. The first-order chi connectivity index (χ1) is 6.04. The smallest absolute Gasteiger partial charge is 0.264 e. The molecular weight excluding hydrogens is 180 g/mol. The highest BCUT2D eigenvalue weighted by atomic mass is 16.6. The zero-order valence-electron chi connectivity index (χ0n) is 6.28. The number of rotatable bonds is 4. The molecule has 0 aromatic rings. The second-order valence-electron chi connectivity index (χ2n) is 2.07. The minimum Gasteiger partial charge on any atom is -0.264 e. The van der Waals surface area contributed by atoms with Crippen molar-refractivity contribution < 1.29 is 9.85 Å². The molecule has 0 fully saturated rings. The minimum absolute atomic E-state index is 0.647. The standard InChI is InChI=1S/C5H4N4O4/c6-2-1-4(8(10)11)5(3-7)9(12)13/h4-5H,1H2. The Hall–Kier alpha value is -2.22. The molecule has 2 unspecified atom stereocenters. The van der Waals surface area contributed by atoms with Gasteiger partial charge in [-0.05, 0) is 0 Å². The Kier molecular flexibility index (Phi) is 3.83. The molecule has 0 bridgehead atoms. The fourth-order valence-corrected chi connectivity index (χ4v) is 0.669. The average Bonchev–Trinajstić information content (AvgIpc) is 2.03. The Morgan fingerprint density at radius 3 is 2.00 bits per heavy atom. The van der Waals surface area contributed by atoms with Gasteiger partial charge >= 0.3 is 12.1 Å². The zero-order chi connectivity index (χ0) is 10.4. The van der Waals surface area contributed by atoms with Crippen LogP contribution in [-0.2, 0) is 0 Å². The van der Waals surface area contributed by atoms with Crippen molar-refractivity contribution in [1.29, 1.82) is 10.5 Å². The van der Waals surface area contributed by atoms with Gasteiger partial charge in [-0.3, -0.25) is 20.2 Å². The van der Waals surface area contributed by atoms with Gasteiger partial charge in [-0.15, -0.1) is 0 Å². The first-order valence-electron chi connectivity index (χ1n) is 3.08. The summed E-state index contributed by atoms with van der Waals surface area (Å²) in [4.78, 5) is 18.3. The number of hydrogen-bond acceptors (Lipinski definition) is 6. The topological polar surface area (TPSA) is 134 Å². The quantitative estimate of drug-likeness (QED) is 0.435. The maximum atomic E-state index is 10.2. The van der Waals surface area contributed by atoms with Crippen LogP contribution >= 0.6 is 0 Å². The van der Waals surface area contributed by atoms with E-state index in [1.54, 1.807) is 0 Å². The summed E-state index contributed by atoms with van der Waals surface area (Å²) in [5, 5.41) is 36.7. The summed E-state index contributed by atoms with van der Waals surface area (Å²) in [5.41, 5.74) is 0. The van der Waals surface area contributed by atoms with Gasteiger partial charge < -0.3 is 0 Å². The van der Waals surface area contributed by atoms with Gasteiger partial charge in [0.2, 0.25) is 0 Å². The van der Waals surface area contributed by atoms with Crippen LogP contribution in [0.1, 0.15) is 6.42 Å². The van der Waals surface area contributed by atoms with Gasteiger partial charge in [0, 0.05) is 9.85 Å². The molecule has 0 aromatic carbocycles. The molecule has 0 aliphatic carbocycles. The molecule has 0 rings (SSSR count). The van der Waals surface area contributed by atoms with E-state index >= 15 is 0 Å². The first kappa shape index (κ1) is 10.8. The van der Waals surface area contributed by atoms with E-state index in [2.05, 4.69) is 0 Å². The summed E-state index contributed by atoms with van der Waals surface area (Å²) in [5.74, 6) is 0. The number of nitriles is 2. The van der Waals surface area contributed by atoms with Gasteiger partial charge in [-0.2, -0.15) is 10.5 Å². The van der Waals surface area contributed by atoms with Crippen LogP contribution in [0, 0.1) is 42.9 Å². The largest absolute Gasteiger partial charge is 0.363 e. The lowest BCUT2D eigenvalue weighted by Gasteiger charge is -2.04. The lowest BCUT2D eigenvalue weighted by Crippen LogP contribution is -2.38. The van der Waals surface area contributed by atoms with Crippen LogP contribution in [0.2, 0.25) is 0 Å². The van der Waals surface area contributed by atoms with Crippen LogP contribution in [0.5, 0.6) is 0 Å². The van der Waals surface area contributed by atoms with Crippen LogP contribution in [0.15, 0.2) is 0 Å². The molecule has 0 amide bonds. The summed E-state index contributed by atoms with van der Waals surface area (Å²) < 4.78 is 0. The molecule has 0 aromatic heterocycles. The number of nitro groups is 2. The van der Waals surface area contributed by atoms with Gasteiger partial charge in [0.15, 0.2) is 6.07 Å². The molecule has 0 saturated carbocycles. The fourth-order valence-electron chi connectivity index (χ4n) is 0.669. The summed E-state index contributed by atoms with van der Waals surface area (Å²) in [6.45, 7) is 0. The summed E-state index contributed by atoms with van der Waals surface area (Å²) >= 11 is 0. The van der Waals surface area contributed by atoms with E-state index in [1.807, 2.05) is 0 Å². The van der Waals surface area contributed by atoms with Crippen molar-refractivity contribution in [1.82, 2.24) is 0 Å². The molecule has 2 atom stereocenters. The van der Waals surface area contributed by atoms with Crippen molar-refractivity contribution in [3.8, 4) is 12.1 Å². The maximum absolute atomic E-state index is 10.2.